The topological polar surface area (TPSA) is 50.4 Å². The van der Waals surface area contributed by atoms with Crippen LogP contribution in [0.2, 0.25) is 5.02 Å². The van der Waals surface area contributed by atoms with Crippen LogP contribution in [0.25, 0.3) is 0 Å². The van der Waals surface area contributed by atoms with Crippen LogP contribution in [0.3, 0.4) is 0 Å². The fraction of sp³-hybridized carbons (Fsp3) is 0.235. The summed E-state index contributed by atoms with van der Waals surface area (Å²) >= 11 is 5.95. The molecule has 2 rings (SSSR count). The molecule has 0 aliphatic carbocycles. The number of aryl methyl sites for hydroxylation is 2. The van der Waals surface area contributed by atoms with E-state index in [9.17, 15) is 4.79 Å². The molecule has 0 aliphatic rings. The number of hydrogen-bond donors (Lipinski definition) is 2. The Morgan fingerprint density at radius 3 is 2.64 bits per heavy atom. The third kappa shape index (κ3) is 4.67. The molecule has 4 nitrogen and oxygen atoms in total. The Morgan fingerprint density at radius 2 is 1.91 bits per heavy atom. The van der Waals surface area contributed by atoms with Crippen molar-refractivity contribution in [3.63, 3.8) is 0 Å². The van der Waals surface area contributed by atoms with Gasteiger partial charge in [-0.1, -0.05) is 29.8 Å². The number of rotatable bonds is 5. The third-order valence-corrected chi connectivity index (χ3v) is 3.60. The molecule has 22 heavy (non-hydrogen) atoms. The van der Waals surface area contributed by atoms with Crippen LogP contribution >= 0.6 is 11.6 Å². The lowest BCUT2D eigenvalue weighted by molar-refractivity contribution is 0.247. The maximum absolute atomic E-state index is 11.8. The fourth-order valence-electron chi connectivity index (χ4n) is 1.92. The molecule has 0 aliphatic heterocycles. The van der Waals surface area contributed by atoms with Crippen molar-refractivity contribution in [2.45, 2.75) is 13.8 Å². The van der Waals surface area contributed by atoms with Gasteiger partial charge in [0.05, 0.1) is 6.54 Å². The van der Waals surface area contributed by atoms with Gasteiger partial charge in [-0.25, -0.2) is 4.79 Å². The first-order valence-electron chi connectivity index (χ1n) is 7.05. The van der Waals surface area contributed by atoms with E-state index in [1.807, 2.05) is 50.2 Å². The molecule has 0 saturated heterocycles. The third-order valence-electron chi connectivity index (χ3n) is 3.18. The van der Waals surface area contributed by atoms with Gasteiger partial charge >= 0.3 is 6.03 Å². The molecule has 2 N–H and O–H groups in total. The maximum Gasteiger partial charge on any atom is 0.319 e. The first-order valence-corrected chi connectivity index (χ1v) is 7.43. The number of halogens is 1. The van der Waals surface area contributed by atoms with Crippen molar-refractivity contribution in [3.05, 3.63) is 58.6 Å². The fourth-order valence-corrected chi connectivity index (χ4v) is 2.04. The number of nitrogens with one attached hydrogen (secondary N) is 2. The van der Waals surface area contributed by atoms with E-state index in [2.05, 4.69) is 10.6 Å². The van der Waals surface area contributed by atoms with Crippen molar-refractivity contribution in [1.82, 2.24) is 5.32 Å². The Bertz CT molecular complexity index is 659. The highest BCUT2D eigenvalue weighted by atomic mass is 35.5. The molecule has 0 fully saturated rings. The molecule has 0 heterocycles. The lowest BCUT2D eigenvalue weighted by Gasteiger charge is -2.11. The molecule has 0 radical (unpaired) electrons. The van der Waals surface area contributed by atoms with Gasteiger partial charge in [0, 0.05) is 10.7 Å². The second-order valence-corrected chi connectivity index (χ2v) is 5.36. The predicted octanol–water partition coefficient (Wildman–Crippen LogP) is 4.16. The molecule has 0 saturated carbocycles. The van der Waals surface area contributed by atoms with Crippen LogP contribution in [0, 0.1) is 13.8 Å². The normalized spacial score (nSPS) is 10.1. The van der Waals surface area contributed by atoms with Gasteiger partial charge in [-0.2, -0.15) is 0 Å². The number of anilines is 1. The number of hydrogen-bond acceptors (Lipinski definition) is 2. The minimum absolute atomic E-state index is 0.245. The Hall–Kier alpha value is -2.20. The first-order chi connectivity index (χ1) is 10.6. The zero-order valence-electron chi connectivity index (χ0n) is 12.7. The maximum atomic E-state index is 11.8. The standard InChI is InChI=1S/C17H19ClN2O2/c1-12-5-3-4-6-16(12)20-17(21)19-9-10-22-14-7-8-15(18)13(2)11-14/h3-8,11H,9-10H2,1-2H3,(H2,19,20,21). The van der Waals surface area contributed by atoms with Crippen molar-refractivity contribution in [1.29, 1.82) is 0 Å². The summed E-state index contributed by atoms with van der Waals surface area (Å²) in [5.74, 6) is 0.739. The molecule has 0 aromatic heterocycles. The average molecular weight is 319 g/mol. The molecular weight excluding hydrogens is 300 g/mol. The highest BCUT2D eigenvalue weighted by Gasteiger charge is 2.03. The van der Waals surface area contributed by atoms with Crippen molar-refractivity contribution in [2.75, 3.05) is 18.5 Å². The first kappa shape index (κ1) is 16.2. The zero-order valence-corrected chi connectivity index (χ0v) is 13.4. The predicted molar refractivity (Wildman–Crippen MR) is 89.9 cm³/mol. The SMILES string of the molecule is Cc1cc(OCCNC(=O)Nc2ccccc2C)ccc1Cl. The molecule has 0 spiro atoms. The van der Waals surface area contributed by atoms with Crippen LogP contribution in [0.15, 0.2) is 42.5 Å². The zero-order chi connectivity index (χ0) is 15.9. The van der Waals surface area contributed by atoms with Gasteiger partial charge in [-0.3, -0.25) is 0 Å². The van der Waals surface area contributed by atoms with Crippen LogP contribution in [-0.4, -0.2) is 19.2 Å². The summed E-state index contributed by atoms with van der Waals surface area (Å²) in [6, 6.07) is 12.9. The highest BCUT2D eigenvalue weighted by Crippen LogP contribution is 2.20. The van der Waals surface area contributed by atoms with Crippen LogP contribution in [0.4, 0.5) is 10.5 Å². The Labute approximate surface area is 135 Å². The molecule has 0 bridgehead atoms. The van der Waals surface area contributed by atoms with E-state index in [-0.39, 0.29) is 6.03 Å². The Balaban J connectivity index is 1.73. The lowest BCUT2D eigenvalue weighted by Crippen LogP contribution is -2.32. The van der Waals surface area contributed by atoms with Gasteiger partial charge in [-0.05, 0) is 49.2 Å². The van der Waals surface area contributed by atoms with Crippen molar-refractivity contribution < 1.29 is 9.53 Å². The molecular formula is C17H19ClN2O2. The minimum Gasteiger partial charge on any atom is -0.492 e. The summed E-state index contributed by atoms with van der Waals surface area (Å²) in [5, 5.41) is 6.27. The summed E-state index contributed by atoms with van der Waals surface area (Å²) in [5.41, 5.74) is 2.78. The van der Waals surface area contributed by atoms with Crippen molar-refractivity contribution in [2.24, 2.45) is 0 Å². The molecule has 2 aromatic rings. The molecule has 0 unspecified atom stereocenters. The molecule has 0 atom stereocenters. The highest BCUT2D eigenvalue weighted by molar-refractivity contribution is 6.31. The second kappa shape index (κ2) is 7.71. The number of ether oxygens (including phenoxy) is 1. The van der Waals surface area contributed by atoms with Gasteiger partial charge in [0.1, 0.15) is 12.4 Å². The summed E-state index contributed by atoms with van der Waals surface area (Å²) < 4.78 is 5.57. The summed E-state index contributed by atoms with van der Waals surface area (Å²) in [4.78, 5) is 11.8. The minimum atomic E-state index is -0.245. The van der Waals surface area contributed by atoms with E-state index in [4.69, 9.17) is 16.3 Å². The summed E-state index contributed by atoms with van der Waals surface area (Å²) in [6.07, 6.45) is 0. The number of carbonyl (C=O) groups is 1. The smallest absolute Gasteiger partial charge is 0.319 e. The molecule has 116 valence electrons. The quantitative estimate of drug-likeness (QED) is 0.813. The number of amides is 2. The number of benzene rings is 2. The van der Waals surface area contributed by atoms with Crippen LogP contribution in [0.5, 0.6) is 5.75 Å². The largest absolute Gasteiger partial charge is 0.492 e. The van der Waals surface area contributed by atoms with Crippen LogP contribution < -0.4 is 15.4 Å². The molecule has 2 amide bonds. The number of para-hydroxylation sites is 1. The summed E-state index contributed by atoms with van der Waals surface area (Å²) in [7, 11) is 0. The Kier molecular flexibility index (Phi) is 5.67. The van der Waals surface area contributed by atoms with Crippen LogP contribution in [0.1, 0.15) is 11.1 Å². The van der Waals surface area contributed by atoms with Crippen molar-refractivity contribution >= 4 is 23.3 Å². The molecule has 5 heteroatoms. The van der Waals surface area contributed by atoms with Gasteiger partial charge in [-0.15, -0.1) is 0 Å². The van der Waals surface area contributed by atoms with Gasteiger partial charge < -0.3 is 15.4 Å². The van der Waals surface area contributed by atoms with Gasteiger partial charge in [0.15, 0.2) is 0 Å². The van der Waals surface area contributed by atoms with Crippen LogP contribution in [-0.2, 0) is 0 Å². The lowest BCUT2D eigenvalue weighted by atomic mass is 10.2. The monoisotopic (exact) mass is 318 g/mol. The molecule has 2 aromatic carbocycles. The van der Waals surface area contributed by atoms with E-state index in [0.717, 1.165) is 22.6 Å². The van der Waals surface area contributed by atoms with Gasteiger partial charge in [0.2, 0.25) is 0 Å². The second-order valence-electron chi connectivity index (χ2n) is 4.96. The van der Waals surface area contributed by atoms with Gasteiger partial charge in [0.25, 0.3) is 0 Å². The average Bonchev–Trinajstić information content (AvgIpc) is 2.49. The van der Waals surface area contributed by atoms with E-state index in [1.165, 1.54) is 0 Å². The summed E-state index contributed by atoms with van der Waals surface area (Å²) in [6.45, 7) is 4.67. The van der Waals surface area contributed by atoms with E-state index in [0.29, 0.717) is 18.2 Å². The number of urea groups is 1. The number of carbonyl (C=O) groups excluding carboxylic acids is 1. The van der Waals surface area contributed by atoms with E-state index in [1.54, 1.807) is 6.07 Å². The Morgan fingerprint density at radius 1 is 1.14 bits per heavy atom. The van der Waals surface area contributed by atoms with E-state index < -0.39 is 0 Å². The van der Waals surface area contributed by atoms with E-state index >= 15 is 0 Å². The van der Waals surface area contributed by atoms with Crippen molar-refractivity contribution in [3.8, 4) is 5.75 Å².